The first-order valence-corrected chi connectivity index (χ1v) is 7.37. The van der Waals surface area contributed by atoms with E-state index in [0.717, 1.165) is 10.6 Å². The van der Waals surface area contributed by atoms with Gasteiger partial charge in [-0.3, -0.25) is 0 Å². The van der Waals surface area contributed by atoms with Crippen molar-refractivity contribution in [3.05, 3.63) is 60.2 Å². The lowest BCUT2D eigenvalue weighted by Gasteiger charge is -2.18. The molecule has 1 nitrogen and oxygen atoms in total. The van der Waals surface area contributed by atoms with Crippen molar-refractivity contribution >= 4 is 18.4 Å². The average molecular weight is 257 g/mol. The van der Waals surface area contributed by atoms with Crippen LogP contribution in [0.5, 0.6) is 0 Å². The maximum Gasteiger partial charge on any atom is 0.415 e. The standard InChI is InChI=1S/C16H18OP/c1-16(2,3)13-8-7-11-15(12-13)18(17)14-9-5-4-6-10-14/h4-12H,1-3H3/q+1. The van der Waals surface area contributed by atoms with E-state index in [1.807, 2.05) is 42.5 Å². The molecule has 0 aliphatic carbocycles. The van der Waals surface area contributed by atoms with Gasteiger partial charge in [-0.2, -0.15) is 0 Å². The zero-order valence-electron chi connectivity index (χ0n) is 11.1. The average Bonchev–Trinajstić information content (AvgIpc) is 2.38. The van der Waals surface area contributed by atoms with Crippen LogP contribution in [-0.4, -0.2) is 0 Å². The summed E-state index contributed by atoms with van der Waals surface area (Å²) in [4.78, 5) is 0. The van der Waals surface area contributed by atoms with E-state index in [1.54, 1.807) is 0 Å². The fourth-order valence-electron chi connectivity index (χ4n) is 1.81. The molecule has 1 unspecified atom stereocenters. The van der Waals surface area contributed by atoms with Crippen molar-refractivity contribution in [1.29, 1.82) is 0 Å². The first-order valence-electron chi connectivity index (χ1n) is 6.11. The predicted octanol–water partition coefficient (Wildman–Crippen LogP) is 3.76. The zero-order chi connectivity index (χ0) is 13.2. The highest BCUT2D eigenvalue weighted by Crippen LogP contribution is 2.25. The molecule has 0 heterocycles. The molecule has 0 amide bonds. The van der Waals surface area contributed by atoms with Crippen molar-refractivity contribution in [3.63, 3.8) is 0 Å². The molecule has 2 aromatic rings. The molecular weight excluding hydrogens is 239 g/mol. The van der Waals surface area contributed by atoms with Gasteiger partial charge >= 0.3 is 7.80 Å². The van der Waals surface area contributed by atoms with Crippen molar-refractivity contribution in [2.24, 2.45) is 0 Å². The molecule has 18 heavy (non-hydrogen) atoms. The topological polar surface area (TPSA) is 17.1 Å². The molecule has 0 aliphatic rings. The fraction of sp³-hybridized carbons (Fsp3) is 0.250. The van der Waals surface area contributed by atoms with Crippen molar-refractivity contribution in [1.82, 2.24) is 0 Å². The Morgan fingerprint density at radius 2 is 1.44 bits per heavy atom. The summed E-state index contributed by atoms with van der Waals surface area (Å²) < 4.78 is 12.5. The van der Waals surface area contributed by atoms with E-state index in [9.17, 15) is 4.57 Å². The molecule has 0 aromatic heterocycles. The van der Waals surface area contributed by atoms with Crippen LogP contribution in [0.3, 0.4) is 0 Å². The Balaban J connectivity index is 2.38. The molecule has 0 radical (unpaired) electrons. The molecule has 0 spiro atoms. The summed E-state index contributed by atoms with van der Waals surface area (Å²) in [6.45, 7) is 6.51. The first-order chi connectivity index (χ1) is 8.48. The first kappa shape index (κ1) is 13.0. The Morgan fingerprint density at radius 3 is 2.06 bits per heavy atom. The van der Waals surface area contributed by atoms with E-state index >= 15 is 0 Å². The molecule has 0 N–H and O–H groups in total. The van der Waals surface area contributed by atoms with Crippen LogP contribution in [0.2, 0.25) is 0 Å². The normalized spacial score (nSPS) is 12.3. The van der Waals surface area contributed by atoms with Crippen LogP contribution < -0.4 is 10.6 Å². The van der Waals surface area contributed by atoms with E-state index in [1.165, 1.54) is 5.56 Å². The Bertz CT molecular complexity index is 553. The molecule has 0 bridgehead atoms. The zero-order valence-corrected chi connectivity index (χ0v) is 11.9. The summed E-state index contributed by atoms with van der Waals surface area (Å²) in [5.41, 5.74) is 1.31. The number of benzene rings is 2. The van der Waals surface area contributed by atoms with E-state index < -0.39 is 7.80 Å². The van der Waals surface area contributed by atoms with Gasteiger partial charge in [0.15, 0.2) is 10.6 Å². The molecule has 0 fully saturated rings. The van der Waals surface area contributed by atoms with Gasteiger partial charge < -0.3 is 0 Å². The molecule has 0 aliphatic heterocycles. The Labute approximate surface area is 110 Å². The predicted molar refractivity (Wildman–Crippen MR) is 78.5 cm³/mol. The van der Waals surface area contributed by atoms with Crippen molar-refractivity contribution in [2.45, 2.75) is 26.2 Å². The minimum absolute atomic E-state index is 0.0862. The van der Waals surface area contributed by atoms with Crippen LogP contribution in [0.15, 0.2) is 54.6 Å². The Hall–Kier alpha value is -1.46. The lowest BCUT2D eigenvalue weighted by Crippen LogP contribution is -2.15. The number of hydrogen-bond acceptors (Lipinski definition) is 1. The summed E-state index contributed by atoms with van der Waals surface area (Å²) in [6.07, 6.45) is 0. The maximum atomic E-state index is 12.5. The third-order valence-corrected chi connectivity index (χ3v) is 4.45. The van der Waals surface area contributed by atoms with Gasteiger partial charge in [-0.05, 0) is 35.2 Å². The largest absolute Gasteiger partial charge is 0.415 e. The van der Waals surface area contributed by atoms with Gasteiger partial charge in [0.05, 0.1) is 0 Å². The molecule has 2 heteroatoms. The van der Waals surface area contributed by atoms with Crippen molar-refractivity contribution < 1.29 is 4.57 Å². The second-order valence-corrected chi connectivity index (χ2v) is 7.05. The lowest BCUT2D eigenvalue weighted by atomic mass is 9.87. The van der Waals surface area contributed by atoms with Gasteiger partial charge in [0, 0.05) is 0 Å². The van der Waals surface area contributed by atoms with Gasteiger partial charge in [0.1, 0.15) is 0 Å². The summed E-state index contributed by atoms with van der Waals surface area (Å²) in [7, 11) is -1.48. The monoisotopic (exact) mass is 257 g/mol. The van der Waals surface area contributed by atoms with Crippen LogP contribution in [0, 0.1) is 0 Å². The Kier molecular flexibility index (Phi) is 3.63. The van der Waals surface area contributed by atoms with Crippen LogP contribution in [0.1, 0.15) is 26.3 Å². The van der Waals surface area contributed by atoms with Gasteiger partial charge in [0.2, 0.25) is 0 Å². The molecule has 2 aromatic carbocycles. The maximum absolute atomic E-state index is 12.5. The molecule has 1 atom stereocenters. The highest BCUT2D eigenvalue weighted by atomic mass is 31.1. The second kappa shape index (κ2) is 5.04. The minimum Gasteiger partial charge on any atom is -0.0619 e. The van der Waals surface area contributed by atoms with Gasteiger partial charge in [-0.1, -0.05) is 55.7 Å². The van der Waals surface area contributed by atoms with Crippen molar-refractivity contribution in [2.75, 3.05) is 0 Å². The Morgan fingerprint density at radius 1 is 0.833 bits per heavy atom. The number of rotatable bonds is 2. The number of hydrogen-bond donors (Lipinski definition) is 0. The molecule has 92 valence electrons. The third kappa shape index (κ3) is 2.86. The quantitative estimate of drug-likeness (QED) is 0.749. The van der Waals surface area contributed by atoms with E-state index in [4.69, 9.17) is 0 Å². The van der Waals surface area contributed by atoms with Crippen LogP contribution in [0.25, 0.3) is 0 Å². The highest BCUT2D eigenvalue weighted by molar-refractivity contribution is 7.61. The SMILES string of the molecule is CC(C)(C)c1cccc([P+](=O)c2ccccc2)c1. The van der Waals surface area contributed by atoms with Crippen LogP contribution >= 0.6 is 7.80 Å². The smallest absolute Gasteiger partial charge is 0.0619 e. The van der Waals surface area contributed by atoms with Gasteiger partial charge in [-0.15, -0.1) is 0 Å². The summed E-state index contributed by atoms with van der Waals surface area (Å²) in [5, 5.41) is 1.79. The lowest BCUT2D eigenvalue weighted by molar-refractivity contribution is 0.590. The van der Waals surface area contributed by atoms with E-state index in [0.29, 0.717) is 0 Å². The molecule has 0 saturated carbocycles. The summed E-state index contributed by atoms with van der Waals surface area (Å²) in [6, 6.07) is 17.7. The summed E-state index contributed by atoms with van der Waals surface area (Å²) >= 11 is 0. The third-order valence-electron chi connectivity index (χ3n) is 2.94. The second-order valence-electron chi connectivity index (χ2n) is 5.43. The van der Waals surface area contributed by atoms with Crippen LogP contribution in [-0.2, 0) is 9.98 Å². The highest BCUT2D eigenvalue weighted by Gasteiger charge is 2.25. The van der Waals surface area contributed by atoms with E-state index in [2.05, 4.69) is 32.9 Å². The fourth-order valence-corrected chi connectivity index (χ4v) is 3.03. The molecule has 2 rings (SSSR count). The molecular formula is C16H18OP+. The molecule has 0 saturated heterocycles. The van der Waals surface area contributed by atoms with Gasteiger partial charge in [0.25, 0.3) is 0 Å². The van der Waals surface area contributed by atoms with E-state index in [-0.39, 0.29) is 5.41 Å². The van der Waals surface area contributed by atoms with Crippen LogP contribution in [0.4, 0.5) is 0 Å². The van der Waals surface area contributed by atoms with Gasteiger partial charge in [-0.25, -0.2) is 0 Å². The summed E-state index contributed by atoms with van der Waals surface area (Å²) in [5.74, 6) is 0. The minimum atomic E-state index is -1.48. The van der Waals surface area contributed by atoms with Crippen molar-refractivity contribution in [3.8, 4) is 0 Å².